The van der Waals surface area contributed by atoms with Gasteiger partial charge in [-0.15, -0.1) is 0 Å². The van der Waals surface area contributed by atoms with Crippen LogP contribution in [0.2, 0.25) is 0 Å². The first-order chi connectivity index (χ1) is 12.3. The highest BCUT2D eigenvalue weighted by Crippen LogP contribution is 2.48. The summed E-state index contributed by atoms with van der Waals surface area (Å²) in [4.78, 5) is 12.9. The van der Waals surface area contributed by atoms with Gasteiger partial charge in [-0.3, -0.25) is 4.79 Å². The minimum atomic E-state index is -3.86. The van der Waals surface area contributed by atoms with Gasteiger partial charge in [0.05, 0.1) is 12.0 Å². The van der Waals surface area contributed by atoms with E-state index in [1.54, 1.807) is 50.4 Å². The molecule has 1 amide bonds. The Bertz CT molecular complexity index is 973. The second-order valence-electron chi connectivity index (χ2n) is 6.82. The van der Waals surface area contributed by atoms with Gasteiger partial charge in [0.15, 0.2) is 20.8 Å². The van der Waals surface area contributed by atoms with E-state index in [4.69, 9.17) is 9.47 Å². The largest absolute Gasteiger partial charge is 0.497 e. The van der Waals surface area contributed by atoms with Crippen molar-refractivity contribution in [2.24, 2.45) is 0 Å². The summed E-state index contributed by atoms with van der Waals surface area (Å²) in [5.74, 6) is 0.106. The number of methoxy groups -OCH3 is 1. The second-order valence-corrected chi connectivity index (χ2v) is 8.88. The quantitative estimate of drug-likeness (QED) is 0.892. The molecule has 2 aromatic rings. The maximum atomic E-state index is 13.2. The number of rotatable bonds is 3. The fourth-order valence-electron chi connectivity index (χ4n) is 3.83. The Kier molecular flexibility index (Phi) is 3.73. The monoisotopic (exact) mass is 373 g/mol. The third-order valence-electron chi connectivity index (χ3n) is 4.98. The van der Waals surface area contributed by atoms with Gasteiger partial charge >= 0.3 is 0 Å². The van der Waals surface area contributed by atoms with Crippen molar-refractivity contribution in [2.75, 3.05) is 7.11 Å². The molecular weight excluding hydrogens is 354 g/mol. The number of carbonyl (C=O) groups excluding carboxylic acids is 1. The summed E-state index contributed by atoms with van der Waals surface area (Å²) in [5, 5.41) is 1.53. The lowest BCUT2D eigenvalue weighted by molar-refractivity contribution is -0.132. The molecule has 1 saturated heterocycles. The zero-order valence-electron chi connectivity index (χ0n) is 14.4. The van der Waals surface area contributed by atoms with Crippen molar-refractivity contribution in [3.05, 3.63) is 54.1 Å². The number of ether oxygens (including phenoxy) is 2. The van der Waals surface area contributed by atoms with Crippen LogP contribution in [0.5, 0.6) is 11.5 Å². The van der Waals surface area contributed by atoms with Crippen LogP contribution in [0.15, 0.2) is 53.4 Å². The number of carbonyl (C=O) groups is 1. The molecule has 0 aliphatic carbocycles. The minimum Gasteiger partial charge on any atom is -0.497 e. The predicted molar refractivity (Wildman–Crippen MR) is 94.9 cm³/mol. The van der Waals surface area contributed by atoms with Crippen LogP contribution in [-0.4, -0.2) is 32.4 Å². The molecule has 136 valence electrons. The normalized spacial score (nSPS) is 27.1. The Hall–Kier alpha value is -2.54. The molecule has 6 nitrogen and oxygen atoms in total. The first-order valence-corrected chi connectivity index (χ1v) is 9.87. The van der Waals surface area contributed by atoms with E-state index in [1.807, 2.05) is 0 Å². The maximum absolute atomic E-state index is 13.2. The summed E-state index contributed by atoms with van der Waals surface area (Å²) in [6.07, 6.45) is 0.371. The van der Waals surface area contributed by atoms with Crippen molar-refractivity contribution in [1.82, 2.24) is 5.32 Å². The number of fused-ring (bicyclic) bond motifs is 4. The van der Waals surface area contributed by atoms with Crippen molar-refractivity contribution in [3.8, 4) is 11.5 Å². The van der Waals surface area contributed by atoms with Crippen molar-refractivity contribution in [3.63, 3.8) is 0 Å². The van der Waals surface area contributed by atoms with Crippen LogP contribution in [-0.2, 0) is 14.6 Å². The highest BCUT2D eigenvalue weighted by Gasteiger charge is 2.54. The number of hydrogen-bond acceptors (Lipinski definition) is 5. The smallest absolute Gasteiger partial charge is 0.242 e. The lowest BCUT2D eigenvalue weighted by Gasteiger charge is -2.46. The molecule has 0 saturated carbocycles. The number of amides is 1. The zero-order valence-corrected chi connectivity index (χ0v) is 15.2. The van der Waals surface area contributed by atoms with Crippen molar-refractivity contribution in [2.45, 2.75) is 35.1 Å². The molecule has 2 aliphatic heterocycles. The molecule has 7 heteroatoms. The Labute approximate surface area is 152 Å². The molecular formula is C19H19NO5S. The van der Waals surface area contributed by atoms with Gasteiger partial charge in [0.25, 0.3) is 0 Å². The van der Waals surface area contributed by atoms with Crippen LogP contribution >= 0.6 is 0 Å². The molecule has 2 aliphatic rings. The first-order valence-electron chi connectivity index (χ1n) is 8.32. The number of piperidine rings is 1. The van der Waals surface area contributed by atoms with E-state index in [9.17, 15) is 13.2 Å². The average Bonchev–Trinajstić information content (AvgIpc) is 2.61. The van der Waals surface area contributed by atoms with E-state index in [2.05, 4.69) is 5.32 Å². The summed E-state index contributed by atoms with van der Waals surface area (Å²) in [7, 11) is -2.32. The molecule has 2 aromatic carbocycles. The average molecular weight is 373 g/mol. The Balaban J connectivity index is 1.87. The molecule has 0 aromatic heterocycles. The van der Waals surface area contributed by atoms with E-state index in [-0.39, 0.29) is 4.90 Å². The summed E-state index contributed by atoms with van der Waals surface area (Å²) >= 11 is 0. The van der Waals surface area contributed by atoms with E-state index in [1.165, 1.54) is 12.1 Å². The van der Waals surface area contributed by atoms with E-state index in [0.29, 0.717) is 23.5 Å². The van der Waals surface area contributed by atoms with Crippen molar-refractivity contribution in [1.29, 1.82) is 0 Å². The lowest BCUT2D eigenvalue weighted by Crippen LogP contribution is -2.63. The fourth-order valence-corrected chi connectivity index (χ4v) is 5.67. The van der Waals surface area contributed by atoms with Gasteiger partial charge in [0, 0.05) is 17.9 Å². The van der Waals surface area contributed by atoms with Crippen LogP contribution in [0.4, 0.5) is 0 Å². The molecule has 3 unspecified atom stereocenters. The molecule has 1 fully saturated rings. The Morgan fingerprint density at radius 3 is 2.62 bits per heavy atom. The molecule has 2 bridgehead atoms. The third kappa shape index (κ3) is 2.54. The van der Waals surface area contributed by atoms with Crippen LogP contribution in [0, 0.1) is 0 Å². The molecule has 26 heavy (non-hydrogen) atoms. The van der Waals surface area contributed by atoms with Gasteiger partial charge in [-0.2, -0.15) is 0 Å². The highest BCUT2D eigenvalue weighted by atomic mass is 32.2. The molecule has 4 rings (SSSR count). The molecule has 3 atom stereocenters. The van der Waals surface area contributed by atoms with Crippen LogP contribution in [0.1, 0.15) is 24.8 Å². The molecule has 0 radical (unpaired) electrons. The Morgan fingerprint density at radius 2 is 1.92 bits per heavy atom. The standard InChI is InChI=1S/C19H19NO5S/c1-19-11-15(14-10-12(24-2)8-9-16(14)25-19)17(18(21)20-19)26(22,23)13-6-4-3-5-7-13/h3-10,15,17H,11H2,1-2H3,(H,20,21). The summed E-state index contributed by atoms with van der Waals surface area (Å²) < 4.78 is 37.7. The number of nitrogens with one attached hydrogen (secondary N) is 1. The second kappa shape index (κ2) is 5.74. The number of sulfone groups is 1. The number of benzene rings is 2. The van der Waals surface area contributed by atoms with Crippen molar-refractivity contribution >= 4 is 15.7 Å². The van der Waals surface area contributed by atoms with Gasteiger partial charge in [0.2, 0.25) is 5.91 Å². The number of hydrogen-bond donors (Lipinski definition) is 1. The van der Waals surface area contributed by atoms with Crippen LogP contribution < -0.4 is 14.8 Å². The van der Waals surface area contributed by atoms with Gasteiger partial charge in [0.1, 0.15) is 11.5 Å². The van der Waals surface area contributed by atoms with Gasteiger partial charge in [-0.05, 0) is 37.3 Å². The lowest BCUT2D eigenvalue weighted by atomic mass is 9.81. The summed E-state index contributed by atoms with van der Waals surface area (Å²) in [5.41, 5.74) is -0.243. The molecule has 0 spiro atoms. The predicted octanol–water partition coefficient (Wildman–Crippen LogP) is 2.25. The SMILES string of the molecule is COc1ccc2c(c1)C1CC(C)(NC(=O)C1S(=O)(=O)c1ccccc1)O2. The topological polar surface area (TPSA) is 81.7 Å². The molecule has 1 N–H and O–H groups in total. The maximum Gasteiger partial charge on any atom is 0.242 e. The van der Waals surface area contributed by atoms with E-state index < -0.39 is 32.6 Å². The third-order valence-corrected chi connectivity index (χ3v) is 7.12. The minimum absolute atomic E-state index is 0.139. The van der Waals surface area contributed by atoms with Crippen LogP contribution in [0.3, 0.4) is 0 Å². The van der Waals surface area contributed by atoms with Crippen LogP contribution in [0.25, 0.3) is 0 Å². The molecule has 2 heterocycles. The first kappa shape index (κ1) is 16.9. The summed E-state index contributed by atoms with van der Waals surface area (Å²) in [6.45, 7) is 1.76. The van der Waals surface area contributed by atoms with Gasteiger partial charge in [-0.25, -0.2) is 8.42 Å². The van der Waals surface area contributed by atoms with Gasteiger partial charge < -0.3 is 14.8 Å². The fraction of sp³-hybridized carbons (Fsp3) is 0.316. The summed E-state index contributed by atoms with van der Waals surface area (Å²) in [6, 6.07) is 13.3. The zero-order chi connectivity index (χ0) is 18.5. The van der Waals surface area contributed by atoms with Gasteiger partial charge in [-0.1, -0.05) is 18.2 Å². The Morgan fingerprint density at radius 1 is 1.19 bits per heavy atom. The van der Waals surface area contributed by atoms with Crippen molar-refractivity contribution < 1.29 is 22.7 Å². The van der Waals surface area contributed by atoms with E-state index >= 15 is 0 Å². The highest BCUT2D eigenvalue weighted by molar-refractivity contribution is 7.92. The van der Waals surface area contributed by atoms with E-state index in [0.717, 1.165) is 0 Å².